The van der Waals surface area contributed by atoms with Gasteiger partial charge in [0.1, 0.15) is 11.6 Å². The SMILES string of the molecule is O=C(CSc1ccccc1Cl)Nc1cc(-c2nnc3n2CCCCC3)ccc1F. The number of hydrogen-bond acceptors (Lipinski definition) is 4. The van der Waals surface area contributed by atoms with Crippen molar-refractivity contribution in [1.82, 2.24) is 14.8 Å². The van der Waals surface area contributed by atoms with Crippen molar-refractivity contribution in [2.45, 2.75) is 37.1 Å². The second kappa shape index (κ2) is 8.97. The quantitative estimate of drug-likeness (QED) is 0.565. The molecule has 0 radical (unpaired) electrons. The van der Waals surface area contributed by atoms with E-state index in [-0.39, 0.29) is 17.3 Å². The van der Waals surface area contributed by atoms with E-state index >= 15 is 0 Å². The van der Waals surface area contributed by atoms with Crippen LogP contribution in [-0.2, 0) is 17.8 Å². The summed E-state index contributed by atoms with van der Waals surface area (Å²) in [5.74, 6) is 1.02. The molecule has 8 heteroatoms. The lowest BCUT2D eigenvalue weighted by Gasteiger charge is -2.10. The lowest BCUT2D eigenvalue weighted by molar-refractivity contribution is -0.113. The Bertz CT molecular complexity index is 1040. The number of benzene rings is 2. The molecule has 1 amide bonds. The summed E-state index contributed by atoms with van der Waals surface area (Å²) < 4.78 is 16.4. The van der Waals surface area contributed by atoms with E-state index in [1.807, 2.05) is 18.2 Å². The summed E-state index contributed by atoms with van der Waals surface area (Å²) in [6.45, 7) is 0.852. The fourth-order valence-corrected chi connectivity index (χ4v) is 4.39. The number of carbonyl (C=O) groups excluding carboxylic acids is 1. The second-order valence-corrected chi connectivity index (χ2v) is 8.29. The fraction of sp³-hybridized carbons (Fsp3) is 0.286. The van der Waals surface area contributed by atoms with Crippen molar-refractivity contribution in [1.29, 1.82) is 0 Å². The van der Waals surface area contributed by atoms with Crippen molar-refractivity contribution in [3.05, 3.63) is 59.1 Å². The summed E-state index contributed by atoms with van der Waals surface area (Å²) in [7, 11) is 0. The molecule has 1 aromatic heterocycles. The van der Waals surface area contributed by atoms with Crippen molar-refractivity contribution >= 4 is 35.0 Å². The molecule has 4 rings (SSSR count). The van der Waals surface area contributed by atoms with Crippen LogP contribution < -0.4 is 5.32 Å². The van der Waals surface area contributed by atoms with Crippen LogP contribution in [0.2, 0.25) is 5.02 Å². The molecule has 3 aromatic rings. The summed E-state index contributed by atoms with van der Waals surface area (Å²) >= 11 is 7.42. The van der Waals surface area contributed by atoms with E-state index in [0.717, 1.165) is 48.5 Å². The van der Waals surface area contributed by atoms with Crippen LogP contribution in [-0.4, -0.2) is 26.4 Å². The molecule has 1 aliphatic rings. The van der Waals surface area contributed by atoms with Gasteiger partial charge in [-0.3, -0.25) is 4.79 Å². The largest absolute Gasteiger partial charge is 0.323 e. The third-order valence-electron chi connectivity index (χ3n) is 4.80. The van der Waals surface area contributed by atoms with Gasteiger partial charge in [0.2, 0.25) is 5.91 Å². The monoisotopic (exact) mass is 430 g/mol. The first-order chi connectivity index (χ1) is 14.1. The molecule has 0 spiro atoms. The molecule has 1 aliphatic heterocycles. The molecular weight excluding hydrogens is 411 g/mol. The van der Waals surface area contributed by atoms with Crippen LogP contribution in [0.4, 0.5) is 10.1 Å². The number of amides is 1. The second-order valence-electron chi connectivity index (χ2n) is 6.86. The van der Waals surface area contributed by atoms with E-state index in [1.165, 1.54) is 17.8 Å². The van der Waals surface area contributed by atoms with Crippen LogP contribution in [0.25, 0.3) is 11.4 Å². The molecule has 5 nitrogen and oxygen atoms in total. The van der Waals surface area contributed by atoms with Gasteiger partial charge in [-0.2, -0.15) is 0 Å². The average molecular weight is 431 g/mol. The minimum Gasteiger partial charge on any atom is -0.323 e. The molecule has 1 N–H and O–H groups in total. The molecule has 0 saturated heterocycles. The van der Waals surface area contributed by atoms with Gasteiger partial charge in [0.25, 0.3) is 0 Å². The number of rotatable bonds is 5. The number of aryl methyl sites for hydroxylation is 1. The van der Waals surface area contributed by atoms with Crippen LogP contribution in [0.3, 0.4) is 0 Å². The highest BCUT2D eigenvalue weighted by Crippen LogP contribution is 2.28. The van der Waals surface area contributed by atoms with E-state index in [2.05, 4.69) is 20.1 Å². The van der Waals surface area contributed by atoms with Crippen LogP contribution in [0.15, 0.2) is 47.4 Å². The third kappa shape index (κ3) is 4.62. The molecule has 2 heterocycles. The first-order valence-electron chi connectivity index (χ1n) is 9.51. The fourth-order valence-electron chi connectivity index (χ4n) is 3.35. The number of hydrogen-bond donors (Lipinski definition) is 1. The van der Waals surface area contributed by atoms with E-state index in [9.17, 15) is 9.18 Å². The van der Waals surface area contributed by atoms with Gasteiger partial charge >= 0.3 is 0 Å². The Morgan fingerprint density at radius 3 is 2.90 bits per heavy atom. The Kier molecular flexibility index (Phi) is 6.16. The topological polar surface area (TPSA) is 59.8 Å². The Balaban J connectivity index is 1.50. The van der Waals surface area contributed by atoms with Crippen molar-refractivity contribution in [2.75, 3.05) is 11.1 Å². The Morgan fingerprint density at radius 2 is 2.03 bits per heavy atom. The molecule has 2 aromatic carbocycles. The highest BCUT2D eigenvalue weighted by molar-refractivity contribution is 8.00. The number of anilines is 1. The zero-order valence-corrected chi connectivity index (χ0v) is 17.3. The molecule has 0 fully saturated rings. The van der Waals surface area contributed by atoms with Gasteiger partial charge in [-0.1, -0.05) is 30.2 Å². The summed E-state index contributed by atoms with van der Waals surface area (Å²) in [6, 6.07) is 12.0. The smallest absolute Gasteiger partial charge is 0.234 e. The number of fused-ring (bicyclic) bond motifs is 1. The van der Waals surface area contributed by atoms with Gasteiger partial charge in [0.15, 0.2) is 5.82 Å². The summed E-state index contributed by atoms with van der Waals surface area (Å²) in [4.78, 5) is 13.2. The molecule has 29 heavy (non-hydrogen) atoms. The van der Waals surface area contributed by atoms with Gasteiger partial charge in [-0.25, -0.2) is 4.39 Å². The number of halogens is 2. The van der Waals surface area contributed by atoms with Crippen LogP contribution >= 0.6 is 23.4 Å². The van der Waals surface area contributed by atoms with Gasteiger partial charge in [0, 0.05) is 23.4 Å². The number of carbonyl (C=O) groups is 1. The summed E-state index contributed by atoms with van der Waals surface area (Å²) in [5.41, 5.74) is 0.874. The molecule has 0 bridgehead atoms. The number of nitrogens with zero attached hydrogens (tertiary/aromatic N) is 3. The highest BCUT2D eigenvalue weighted by Gasteiger charge is 2.18. The molecule has 0 unspecified atom stereocenters. The Hall–Kier alpha value is -2.38. The van der Waals surface area contributed by atoms with Crippen molar-refractivity contribution < 1.29 is 9.18 Å². The number of thioether (sulfide) groups is 1. The minimum atomic E-state index is -0.486. The van der Waals surface area contributed by atoms with Crippen LogP contribution in [0.1, 0.15) is 25.1 Å². The normalized spacial score (nSPS) is 13.6. The lowest BCUT2D eigenvalue weighted by Crippen LogP contribution is -2.15. The first-order valence-corrected chi connectivity index (χ1v) is 10.9. The van der Waals surface area contributed by atoms with Gasteiger partial charge in [0.05, 0.1) is 16.5 Å². The van der Waals surface area contributed by atoms with Crippen molar-refractivity contribution in [3.63, 3.8) is 0 Å². The first kappa shape index (κ1) is 19.9. The summed E-state index contributed by atoms with van der Waals surface area (Å²) in [6.07, 6.45) is 4.24. The third-order valence-corrected chi connectivity index (χ3v) is 6.32. The summed E-state index contributed by atoms with van der Waals surface area (Å²) in [5, 5.41) is 11.8. The molecule has 0 saturated carbocycles. The Morgan fingerprint density at radius 1 is 1.17 bits per heavy atom. The van der Waals surface area contributed by atoms with E-state index in [1.54, 1.807) is 18.2 Å². The molecular formula is C21H20ClFN4OS. The van der Waals surface area contributed by atoms with Crippen molar-refractivity contribution in [3.8, 4) is 11.4 Å². The number of nitrogens with one attached hydrogen (secondary N) is 1. The lowest BCUT2D eigenvalue weighted by atomic mass is 10.1. The molecule has 150 valence electrons. The van der Waals surface area contributed by atoms with Crippen molar-refractivity contribution in [2.24, 2.45) is 0 Å². The maximum Gasteiger partial charge on any atom is 0.234 e. The van der Waals surface area contributed by atoms with Gasteiger partial charge in [-0.15, -0.1) is 22.0 Å². The minimum absolute atomic E-state index is 0.133. The molecule has 0 aliphatic carbocycles. The van der Waals surface area contributed by atoms with Gasteiger partial charge in [-0.05, 0) is 43.2 Å². The zero-order valence-electron chi connectivity index (χ0n) is 15.7. The average Bonchev–Trinajstić information content (AvgIpc) is 2.97. The predicted octanol–water partition coefficient (Wildman–Crippen LogP) is 5.19. The van der Waals surface area contributed by atoms with Crippen LogP contribution in [0.5, 0.6) is 0 Å². The van der Waals surface area contributed by atoms with E-state index in [4.69, 9.17) is 11.6 Å². The standard InChI is InChI=1S/C21H20ClFN4OS/c22-15-6-3-4-7-18(15)29-13-20(28)24-17-12-14(9-10-16(17)23)21-26-25-19-8-2-1-5-11-27(19)21/h3-4,6-7,9-10,12H,1-2,5,8,11,13H2,(H,24,28). The maximum absolute atomic E-state index is 14.3. The highest BCUT2D eigenvalue weighted by atomic mass is 35.5. The van der Waals surface area contributed by atoms with E-state index < -0.39 is 5.82 Å². The zero-order chi connectivity index (χ0) is 20.2. The molecule has 0 atom stereocenters. The van der Waals surface area contributed by atoms with E-state index in [0.29, 0.717) is 10.8 Å². The van der Waals surface area contributed by atoms with Crippen LogP contribution in [0, 0.1) is 5.82 Å². The maximum atomic E-state index is 14.3. The predicted molar refractivity (Wildman–Crippen MR) is 114 cm³/mol. The van der Waals surface area contributed by atoms with Gasteiger partial charge < -0.3 is 9.88 Å². The Labute approximate surface area is 177 Å². The number of aromatic nitrogens is 3.